The molecule has 0 unspecified atom stereocenters. The minimum absolute atomic E-state index is 0.201. The van der Waals surface area contributed by atoms with E-state index in [1.807, 2.05) is 43.3 Å². The van der Waals surface area contributed by atoms with Crippen LogP contribution in [0.3, 0.4) is 0 Å². The first-order valence-electron chi connectivity index (χ1n) is 8.02. The maximum absolute atomic E-state index is 12.3. The zero-order chi connectivity index (χ0) is 20.3. The second kappa shape index (κ2) is 9.27. The largest absolute Gasteiger partial charge is 0.480 e. The second-order valence-corrected chi connectivity index (χ2v) is 9.17. The van der Waals surface area contributed by atoms with Gasteiger partial charge in [-0.05, 0) is 105 Å². The molecule has 0 radical (unpaired) electrons. The topological polar surface area (TPSA) is 88.0 Å². The summed E-state index contributed by atoms with van der Waals surface area (Å²) in [4.78, 5) is 28.0. The summed E-state index contributed by atoms with van der Waals surface area (Å²) in [5.41, 5.74) is 2.71. The fourth-order valence-corrected chi connectivity index (χ4v) is 5.35. The van der Waals surface area contributed by atoms with Crippen molar-refractivity contribution in [1.29, 1.82) is 0 Å². The number of carbonyl (C=O) groups excluding carboxylic acids is 1. The number of aryl methyl sites for hydroxylation is 1. The van der Waals surface area contributed by atoms with Crippen LogP contribution in [-0.4, -0.2) is 28.8 Å². The molecule has 1 aliphatic heterocycles. The molecule has 144 valence electrons. The summed E-state index contributed by atoms with van der Waals surface area (Å²) < 4.78 is 6.87. The number of rotatable bonds is 5. The summed E-state index contributed by atoms with van der Waals surface area (Å²) in [6, 6.07) is 11.4. The predicted molar refractivity (Wildman–Crippen MR) is 127 cm³/mol. The van der Waals surface area contributed by atoms with Crippen LogP contribution < -0.4 is 10.1 Å². The normalized spacial score (nSPS) is 16.5. The summed E-state index contributed by atoms with van der Waals surface area (Å²) in [6.45, 7) is 1.59. The fraction of sp³-hybridized carbons (Fsp3) is 0.105. The van der Waals surface area contributed by atoms with Crippen LogP contribution in [-0.2, 0) is 9.59 Å². The minimum atomic E-state index is -1.03. The van der Waals surface area contributed by atoms with Gasteiger partial charge in [0.15, 0.2) is 11.8 Å². The van der Waals surface area contributed by atoms with Crippen molar-refractivity contribution in [3.05, 3.63) is 59.6 Å². The molecule has 0 atom stereocenters. The molecule has 0 spiro atoms. The van der Waals surface area contributed by atoms with E-state index in [0.717, 1.165) is 24.0 Å². The number of amides is 1. The lowest BCUT2D eigenvalue weighted by Crippen LogP contribution is -2.19. The van der Waals surface area contributed by atoms with Crippen LogP contribution in [0.25, 0.3) is 6.08 Å². The van der Waals surface area contributed by atoms with Crippen molar-refractivity contribution in [2.24, 2.45) is 4.99 Å². The Morgan fingerprint density at radius 3 is 2.64 bits per heavy atom. The van der Waals surface area contributed by atoms with Gasteiger partial charge in [0.05, 0.1) is 17.7 Å². The van der Waals surface area contributed by atoms with Gasteiger partial charge in [0.25, 0.3) is 5.91 Å². The number of hydrogen-bond acceptors (Lipinski definition) is 5. The van der Waals surface area contributed by atoms with E-state index < -0.39 is 12.6 Å². The summed E-state index contributed by atoms with van der Waals surface area (Å²) in [5.74, 6) is -0.708. The average Bonchev–Trinajstić information content (AvgIpc) is 2.93. The molecule has 28 heavy (non-hydrogen) atoms. The fourth-order valence-electron chi connectivity index (χ4n) is 2.38. The Morgan fingerprint density at radius 2 is 2.00 bits per heavy atom. The highest BCUT2D eigenvalue weighted by Crippen LogP contribution is 2.32. The Bertz CT molecular complexity index is 998. The number of carboxylic acid groups (broad SMARTS) is 1. The molecule has 1 aliphatic rings. The molecule has 3 rings (SSSR count). The maximum atomic E-state index is 12.3. The van der Waals surface area contributed by atoms with Crippen LogP contribution in [0, 0.1) is 14.1 Å². The molecule has 9 heteroatoms. The van der Waals surface area contributed by atoms with Crippen LogP contribution >= 0.6 is 56.9 Å². The third-order valence-electron chi connectivity index (χ3n) is 3.54. The van der Waals surface area contributed by atoms with Crippen LogP contribution in [0.2, 0.25) is 0 Å². The highest BCUT2D eigenvalue weighted by Gasteiger charge is 2.24. The van der Waals surface area contributed by atoms with E-state index in [1.54, 1.807) is 6.08 Å². The molecule has 0 bridgehead atoms. The van der Waals surface area contributed by atoms with Gasteiger partial charge < -0.3 is 15.2 Å². The number of hydrogen-bond donors (Lipinski definition) is 2. The lowest BCUT2D eigenvalue weighted by atomic mass is 10.2. The van der Waals surface area contributed by atoms with Crippen LogP contribution in [0.1, 0.15) is 11.1 Å². The van der Waals surface area contributed by atoms with Gasteiger partial charge in [-0.25, -0.2) is 9.79 Å². The van der Waals surface area contributed by atoms with E-state index in [1.165, 1.54) is 11.8 Å². The standard InChI is InChI=1S/C19H14I2N2O4S/c1-10-3-2-4-12(5-10)22-19-23-18(26)15(28-19)8-11-6-13(20)17(14(21)7-11)27-9-16(24)25/h2-8H,9H2,1H3,(H,24,25)(H,22,23,26)/b15-8-. The summed E-state index contributed by atoms with van der Waals surface area (Å²) >= 11 is 5.46. The number of carbonyl (C=O) groups is 2. The molecule has 0 aromatic heterocycles. The molecule has 1 amide bonds. The van der Waals surface area contributed by atoms with E-state index in [-0.39, 0.29) is 5.91 Å². The van der Waals surface area contributed by atoms with Gasteiger partial charge in [-0.2, -0.15) is 0 Å². The van der Waals surface area contributed by atoms with E-state index in [4.69, 9.17) is 9.84 Å². The molecule has 1 heterocycles. The predicted octanol–water partition coefficient (Wildman–Crippen LogP) is 4.56. The number of thioether (sulfide) groups is 1. The van der Waals surface area contributed by atoms with Crippen molar-refractivity contribution >= 4 is 85.8 Å². The Balaban J connectivity index is 1.81. The van der Waals surface area contributed by atoms with Crippen molar-refractivity contribution in [2.45, 2.75) is 6.92 Å². The number of amidine groups is 1. The van der Waals surface area contributed by atoms with Crippen molar-refractivity contribution in [2.75, 3.05) is 6.61 Å². The first-order chi connectivity index (χ1) is 13.3. The van der Waals surface area contributed by atoms with E-state index in [0.29, 0.717) is 15.8 Å². The quantitative estimate of drug-likeness (QED) is 0.379. The summed E-state index contributed by atoms with van der Waals surface area (Å²) in [7, 11) is 0. The van der Waals surface area contributed by atoms with Crippen molar-refractivity contribution < 1.29 is 19.4 Å². The molecular formula is C19H14I2N2O4S. The van der Waals surface area contributed by atoms with Gasteiger partial charge in [-0.1, -0.05) is 12.1 Å². The Hall–Kier alpha value is -1.60. The third-order valence-corrected chi connectivity index (χ3v) is 6.05. The zero-order valence-corrected chi connectivity index (χ0v) is 19.7. The van der Waals surface area contributed by atoms with Gasteiger partial charge in [0.2, 0.25) is 0 Å². The highest BCUT2D eigenvalue weighted by molar-refractivity contribution is 14.1. The molecule has 2 aromatic carbocycles. The number of halogens is 2. The summed E-state index contributed by atoms with van der Waals surface area (Å²) in [5, 5.41) is 12.1. The molecule has 1 saturated heterocycles. The van der Waals surface area contributed by atoms with E-state index in [9.17, 15) is 9.59 Å². The molecule has 0 saturated carbocycles. The number of benzene rings is 2. The van der Waals surface area contributed by atoms with Gasteiger partial charge in [0, 0.05) is 0 Å². The second-order valence-electron chi connectivity index (χ2n) is 5.82. The number of nitrogens with zero attached hydrogens (tertiary/aromatic N) is 1. The van der Waals surface area contributed by atoms with Crippen molar-refractivity contribution in [3.63, 3.8) is 0 Å². The van der Waals surface area contributed by atoms with E-state index in [2.05, 4.69) is 55.5 Å². The van der Waals surface area contributed by atoms with Crippen molar-refractivity contribution in [1.82, 2.24) is 5.32 Å². The van der Waals surface area contributed by atoms with Crippen LogP contribution in [0.5, 0.6) is 5.75 Å². The Kier molecular flexibility index (Phi) is 6.99. The van der Waals surface area contributed by atoms with Crippen molar-refractivity contribution in [3.8, 4) is 5.75 Å². The number of nitrogens with one attached hydrogen (secondary N) is 1. The third kappa shape index (κ3) is 5.47. The number of carboxylic acids is 1. The van der Waals surface area contributed by atoms with Gasteiger partial charge >= 0.3 is 5.97 Å². The molecular weight excluding hydrogens is 606 g/mol. The SMILES string of the molecule is Cc1cccc(N=C2NC(=O)/C(=C/c3cc(I)c(OCC(=O)O)c(I)c3)S2)c1. The molecule has 0 aliphatic carbocycles. The van der Waals surface area contributed by atoms with Crippen LogP contribution in [0.4, 0.5) is 5.69 Å². The smallest absolute Gasteiger partial charge is 0.341 e. The molecule has 2 N–H and O–H groups in total. The Labute approximate surface area is 193 Å². The highest BCUT2D eigenvalue weighted by atomic mass is 127. The van der Waals surface area contributed by atoms with Gasteiger partial charge in [0.1, 0.15) is 5.75 Å². The zero-order valence-electron chi connectivity index (χ0n) is 14.5. The molecule has 2 aromatic rings. The lowest BCUT2D eigenvalue weighted by Gasteiger charge is -2.09. The maximum Gasteiger partial charge on any atom is 0.341 e. The Morgan fingerprint density at radius 1 is 1.29 bits per heavy atom. The average molecular weight is 620 g/mol. The summed E-state index contributed by atoms with van der Waals surface area (Å²) in [6.07, 6.45) is 1.78. The van der Waals surface area contributed by atoms with Crippen LogP contribution in [0.15, 0.2) is 46.3 Å². The number of ether oxygens (including phenoxy) is 1. The molecule has 6 nitrogen and oxygen atoms in total. The minimum Gasteiger partial charge on any atom is -0.480 e. The van der Waals surface area contributed by atoms with E-state index >= 15 is 0 Å². The first kappa shape index (κ1) is 21.1. The lowest BCUT2D eigenvalue weighted by molar-refractivity contribution is -0.139. The van der Waals surface area contributed by atoms with Gasteiger partial charge in [-0.15, -0.1) is 0 Å². The number of aliphatic imine (C=N–C) groups is 1. The molecule has 1 fully saturated rings. The number of aliphatic carboxylic acids is 1. The first-order valence-corrected chi connectivity index (χ1v) is 11.0. The van der Waals surface area contributed by atoms with Gasteiger partial charge in [-0.3, -0.25) is 4.79 Å². The monoisotopic (exact) mass is 620 g/mol.